The van der Waals surface area contributed by atoms with Gasteiger partial charge in [-0.15, -0.1) is 0 Å². The third-order valence-electron chi connectivity index (χ3n) is 2.66. The summed E-state index contributed by atoms with van der Waals surface area (Å²) >= 11 is 0. The first-order chi connectivity index (χ1) is 9.10. The Morgan fingerprint density at radius 2 is 2.26 bits per heavy atom. The molecule has 0 radical (unpaired) electrons. The van der Waals surface area contributed by atoms with Crippen molar-refractivity contribution in [3.05, 3.63) is 18.0 Å². The summed E-state index contributed by atoms with van der Waals surface area (Å²) in [5.41, 5.74) is 0.809. The molecule has 6 heteroatoms. The van der Waals surface area contributed by atoms with Crippen LogP contribution < -0.4 is 5.32 Å². The van der Waals surface area contributed by atoms with Crippen LogP contribution in [0.3, 0.4) is 0 Å². The second kappa shape index (κ2) is 7.91. The van der Waals surface area contributed by atoms with Crippen LogP contribution in [0, 0.1) is 0 Å². The van der Waals surface area contributed by atoms with E-state index in [0.717, 1.165) is 5.56 Å². The summed E-state index contributed by atoms with van der Waals surface area (Å²) in [6, 6.07) is -0.238. The number of aromatic nitrogens is 2. The Morgan fingerprint density at radius 1 is 1.53 bits per heavy atom. The van der Waals surface area contributed by atoms with Gasteiger partial charge in [-0.1, -0.05) is 0 Å². The van der Waals surface area contributed by atoms with E-state index in [2.05, 4.69) is 10.4 Å². The zero-order valence-corrected chi connectivity index (χ0v) is 12.0. The quantitative estimate of drug-likeness (QED) is 0.569. The maximum absolute atomic E-state index is 12.0. The molecule has 0 fully saturated rings. The summed E-state index contributed by atoms with van der Waals surface area (Å²) in [5.74, 6) is -0.290. The van der Waals surface area contributed by atoms with Crippen molar-refractivity contribution in [2.45, 2.75) is 32.9 Å². The largest absolute Gasteiger partial charge is 0.465 e. The molecule has 1 aromatic rings. The number of esters is 1. The highest BCUT2D eigenvalue weighted by Gasteiger charge is 2.23. The van der Waals surface area contributed by atoms with Gasteiger partial charge >= 0.3 is 5.97 Å². The number of ether oxygens (including phenoxy) is 2. The first-order valence-electron chi connectivity index (χ1n) is 6.53. The Bertz CT molecular complexity index is 390. The molecule has 1 rings (SSSR count). The lowest BCUT2D eigenvalue weighted by molar-refractivity contribution is -0.145. The molecule has 0 bridgehead atoms. The fourth-order valence-electron chi connectivity index (χ4n) is 1.65. The Balaban J connectivity index is 2.78. The topological polar surface area (TPSA) is 65.4 Å². The third-order valence-corrected chi connectivity index (χ3v) is 2.66. The number of methoxy groups -OCH3 is 1. The van der Waals surface area contributed by atoms with Crippen LogP contribution >= 0.6 is 0 Å². The molecule has 1 N–H and O–H groups in total. The Morgan fingerprint density at radius 3 is 2.79 bits per heavy atom. The highest BCUT2D eigenvalue weighted by Crippen LogP contribution is 2.16. The van der Waals surface area contributed by atoms with E-state index in [1.54, 1.807) is 20.2 Å². The van der Waals surface area contributed by atoms with E-state index in [4.69, 9.17) is 9.47 Å². The molecule has 0 aromatic carbocycles. The van der Waals surface area contributed by atoms with Gasteiger partial charge in [0.25, 0.3) is 0 Å². The minimum absolute atomic E-state index is 0.260. The van der Waals surface area contributed by atoms with Crippen LogP contribution in [-0.4, -0.2) is 42.6 Å². The van der Waals surface area contributed by atoms with Gasteiger partial charge < -0.3 is 9.47 Å². The molecule has 108 valence electrons. The van der Waals surface area contributed by atoms with Gasteiger partial charge in [-0.05, 0) is 20.8 Å². The molecule has 1 heterocycles. The molecule has 6 nitrogen and oxygen atoms in total. The number of nitrogens with one attached hydrogen (secondary N) is 1. The zero-order chi connectivity index (χ0) is 14.3. The van der Waals surface area contributed by atoms with Gasteiger partial charge in [-0.25, -0.2) is 4.79 Å². The number of nitrogens with zero attached hydrogens (tertiary/aromatic N) is 2. The van der Waals surface area contributed by atoms with Gasteiger partial charge in [0.05, 0.1) is 19.4 Å². The van der Waals surface area contributed by atoms with Gasteiger partial charge in [-0.3, -0.25) is 10.00 Å². The summed E-state index contributed by atoms with van der Waals surface area (Å²) in [4.78, 5) is 12.0. The number of carbonyl (C=O) groups excluding carboxylic acids is 1. The van der Waals surface area contributed by atoms with E-state index in [9.17, 15) is 4.79 Å². The molecule has 0 saturated carbocycles. The van der Waals surface area contributed by atoms with E-state index >= 15 is 0 Å². The second-order valence-electron chi connectivity index (χ2n) is 4.48. The van der Waals surface area contributed by atoms with Crippen LogP contribution in [0.15, 0.2) is 12.4 Å². The lowest BCUT2D eigenvalue weighted by Gasteiger charge is -2.15. The molecule has 0 aliphatic rings. The molecule has 1 unspecified atom stereocenters. The van der Waals surface area contributed by atoms with E-state index in [1.807, 2.05) is 24.7 Å². The second-order valence-corrected chi connectivity index (χ2v) is 4.48. The minimum atomic E-state index is -0.498. The van der Waals surface area contributed by atoms with E-state index < -0.39 is 6.04 Å². The normalized spacial score (nSPS) is 12.7. The smallest absolute Gasteiger partial charge is 0.327 e. The van der Waals surface area contributed by atoms with E-state index in [1.165, 1.54) is 0 Å². The Hall–Kier alpha value is -1.40. The van der Waals surface area contributed by atoms with Crippen LogP contribution in [0.25, 0.3) is 0 Å². The number of rotatable bonds is 8. The lowest BCUT2D eigenvalue weighted by atomic mass is 10.1. The molecule has 0 spiro atoms. The first kappa shape index (κ1) is 15.7. The average molecular weight is 269 g/mol. The monoisotopic (exact) mass is 269 g/mol. The summed E-state index contributed by atoms with van der Waals surface area (Å²) < 4.78 is 11.9. The summed E-state index contributed by atoms with van der Waals surface area (Å²) in [7, 11) is 1.62. The minimum Gasteiger partial charge on any atom is -0.465 e. The van der Waals surface area contributed by atoms with Crippen LogP contribution in [0.2, 0.25) is 0 Å². The highest BCUT2D eigenvalue weighted by atomic mass is 16.5. The number of carbonyl (C=O) groups is 1. The zero-order valence-electron chi connectivity index (χ0n) is 12.0. The van der Waals surface area contributed by atoms with Crippen molar-refractivity contribution in [2.75, 3.05) is 26.9 Å². The van der Waals surface area contributed by atoms with E-state index in [-0.39, 0.29) is 12.0 Å². The number of hydrogen-bond donors (Lipinski definition) is 1. The van der Waals surface area contributed by atoms with Crippen molar-refractivity contribution in [3.63, 3.8) is 0 Å². The number of hydrogen-bond acceptors (Lipinski definition) is 5. The van der Waals surface area contributed by atoms with Crippen LogP contribution in [0.4, 0.5) is 0 Å². The van der Waals surface area contributed by atoms with Gasteiger partial charge in [0, 0.05) is 31.5 Å². The molecule has 0 aliphatic carbocycles. The summed E-state index contributed by atoms with van der Waals surface area (Å²) in [6.45, 7) is 7.34. The lowest BCUT2D eigenvalue weighted by Crippen LogP contribution is -2.32. The molecule has 19 heavy (non-hydrogen) atoms. The highest BCUT2D eigenvalue weighted by molar-refractivity contribution is 5.77. The van der Waals surface area contributed by atoms with Crippen LogP contribution in [0.1, 0.15) is 38.4 Å². The van der Waals surface area contributed by atoms with Crippen molar-refractivity contribution in [3.8, 4) is 0 Å². The van der Waals surface area contributed by atoms with Crippen molar-refractivity contribution >= 4 is 5.97 Å². The Kier molecular flexibility index (Phi) is 6.52. The molecule has 0 saturated heterocycles. The third kappa shape index (κ3) is 4.65. The van der Waals surface area contributed by atoms with Gasteiger partial charge in [-0.2, -0.15) is 5.10 Å². The standard InChI is InChI=1S/C13H23N3O3/c1-5-19-13(17)12(14-6-7-18-4)11-8-15-16(9-11)10(2)3/h8-10,12,14H,5-7H2,1-4H3. The fourth-order valence-corrected chi connectivity index (χ4v) is 1.65. The molecular formula is C13H23N3O3. The summed E-state index contributed by atoms with van der Waals surface area (Å²) in [5, 5.41) is 7.37. The predicted octanol–water partition coefficient (Wildman–Crippen LogP) is 1.30. The van der Waals surface area contributed by atoms with E-state index in [0.29, 0.717) is 19.8 Å². The van der Waals surface area contributed by atoms with Crippen molar-refractivity contribution in [2.24, 2.45) is 0 Å². The molecular weight excluding hydrogens is 246 g/mol. The molecule has 1 atom stereocenters. The van der Waals surface area contributed by atoms with Crippen molar-refractivity contribution in [1.29, 1.82) is 0 Å². The van der Waals surface area contributed by atoms with Crippen LogP contribution in [-0.2, 0) is 14.3 Å². The first-order valence-corrected chi connectivity index (χ1v) is 6.53. The SMILES string of the molecule is CCOC(=O)C(NCCOC)c1cnn(C(C)C)c1. The fraction of sp³-hybridized carbons (Fsp3) is 0.692. The maximum atomic E-state index is 12.0. The summed E-state index contributed by atoms with van der Waals surface area (Å²) in [6.07, 6.45) is 3.56. The molecule has 1 aromatic heterocycles. The molecule has 0 aliphatic heterocycles. The van der Waals surface area contributed by atoms with Crippen molar-refractivity contribution < 1.29 is 14.3 Å². The predicted molar refractivity (Wildman–Crippen MR) is 71.9 cm³/mol. The Labute approximate surface area is 114 Å². The van der Waals surface area contributed by atoms with Gasteiger partial charge in [0.1, 0.15) is 6.04 Å². The average Bonchev–Trinajstić information content (AvgIpc) is 2.84. The van der Waals surface area contributed by atoms with Crippen molar-refractivity contribution in [1.82, 2.24) is 15.1 Å². The van der Waals surface area contributed by atoms with Gasteiger partial charge in [0.2, 0.25) is 0 Å². The molecule has 0 amide bonds. The van der Waals surface area contributed by atoms with Crippen LogP contribution in [0.5, 0.6) is 0 Å². The van der Waals surface area contributed by atoms with Gasteiger partial charge in [0.15, 0.2) is 0 Å². The maximum Gasteiger partial charge on any atom is 0.327 e.